The van der Waals surface area contributed by atoms with Gasteiger partial charge >= 0.3 is 0 Å². The summed E-state index contributed by atoms with van der Waals surface area (Å²) in [5, 5.41) is 14.8. The quantitative estimate of drug-likeness (QED) is 0.842. The first-order chi connectivity index (χ1) is 6.77. The molecule has 2 heterocycles. The highest BCUT2D eigenvalue weighted by molar-refractivity contribution is 7.16. The Labute approximate surface area is 87.2 Å². The Kier molecular flexibility index (Phi) is 2.37. The van der Waals surface area contributed by atoms with Crippen LogP contribution in [0.5, 0.6) is 5.75 Å². The summed E-state index contributed by atoms with van der Waals surface area (Å²) in [6.07, 6.45) is 1.79. The second-order valence-electron chi connectivity index (χ2n) is 3.14. The average molecular weight is 210 g/mol. The first-order valence-electron chi connectivity index (χ1n) is 4.80. The molecule has 0 fully saturated rings. The first kappa shape index (κ1) is 9.40. The number of hydrogen-bond acceptors (Lipinski definition) is 3. The molecular formula is C10H14N2OS. The number of hydrogen-bond donors (Lipinski definition) is 1. The summed E-state index contributed by atoms with van der Waals surface area (Å²) < 4.78 is 2.04. The smallest absolute Gasteiger partial charge is 0.144 e. The van der Waals surface area contributed by atoms with Crippen molar-refractivity contribution in [2.45, 2.75) is 13.8 Å². The van der Waals surface area contributed by atoms with Gasteiger partial charge < -0.3 is 10.1 Å². The summed E-state index contributed by atoms with van der Waals surface area (Å²) in [7, 11) is 0. The lowest BCUT2D eigenvalue weighted by Crippen LogP contribution is -2.32. The van der Waals surface area contributed by atoms with Gasteiger partial charge in [0.25, 0.3) is 0 Å². The molecule has 0 aliphatic rings. The van der Waals surface area contributed by atoms with Crippen molar-refractivity contribution >= 4 is 21.6 Å². The summed E-state index contributed by atoms with van der Waals surface area (Å²) >= 11 is 1.66. The molecule has 0 spiro atoms. The molecule has 0 atom stereocenters. The fourth-order valence-electron chi connectivity index (χ4n) is 1.66. The number of thiophene rings is 1. The van der Waals surface area contributed by atoms with Gasteiger partial charge in [0.05, 0.1) is 11.6 Å². The number of aromatic hydroxyl groups is 1. The highest BCUT2D eigenvalue weighted by Crippen LogP contribution is 2.31. The molecular weight excluding hydrogens is 196 g/mol. The summed E-state index contributed by atoms with van der Waals surface area (Å²) in [5.41, 5.74) is 0. The van der Waals surface area contributed by atoms with Crippen LogP contribution in [0.25, 0.3) is 10.2 Å². The van der Waals surface area contributed by atoms with Crippen LogP contribution in [0.4, 0.5) is 0 Å². The molecule has 2 aromatic rings. The molecule has 0 saturated heterocycles. The SMILES string of the molecule is CCN(CC)n1cc(O)c2ccsc21. The van der Waals surface area contributed by atoms with Crippen molar-refractivity contribution in [3.05, 3.63) is 17.6 Å². The van der Waals surface area contributed by atoms with Gasteiger partial charge in [-0.05, 0) is 25.3 Å². The monoisotopic (exact) mass is 210 g/mol. The zero-order valence-corrected chi connectivity index (χ0v) is 9.21. The van der Waals surface area contributed by atoms with E-state index in [0.29, 0.717) is 5.75 Å². The van der Waals surface area contributed by atoms with Crippen LogP contribution in [-0.4, -0.2) is 22.9 Å². The topological polar surface area (TPSA) is 28.4 Å². The molecule has 0 radical (unpaired) electrons. The lowest BCUT2D eigenvalue weighted by atomic mass is 10.4. The molecule has 0 amide bonds. The van der Waals surface area contributed by atoms with Gasteiger partial charge in [-0.15, -0.1) is 11.3 Å². The van der Waals surface area contributed by atoms with Crippen molar-refractivity contribution in [1.29, 1.82) is 0 Å². The van der Waals surface area contributed by atoms with E-state index in [2.05, 4.69) is 18.9 Å². The maximum Gasteiger partial charge on any atom is 0.144 e. The van der Waals surface area contributed by atoms with E-state index in [4.69, 9.17) is 0 Å². The minimum absolute atomic E-state index is 0.369. The molecule has 2 aromatic heterocycles. The summed E-state index contributed by atoms with van der Waals surface area (Å²) in [6.45, 7) is 6.11. The number of nitrogens with zero attached hydrogens (tertiary/aromatic N) is 2. The van der Waals surface area contributed by atoms with Gasteiger partial charge in [0, 0.05) is 13.1 Å². The van der Waals surface area contributed by atoms with Crippen LogP contribution in [0.15, 0.2) is 17.6 Å². The van der Waals surface area contributed by atoms with Crippen molar-refractivity contribution in [3.63, 3.8) is 0 Å². The summed E-state index contributed by atoms with van der Waals surface area (Å²) in [4.78, 5) is 1.12. The molecule has 1 N–H and O–H groups in total. The normalized spacial score (nSPS) is 11.0. The molecule has 0 bridgehead atoms. The predicted molar refractivity (Wildman–Crippen MR) is 60.8 cm³/mol. The standard InChI is InChI=1S/C10H14N2OS/c1-3-11(4-2)12-7-9(13)8-5-6-14-10(8)12/h5-7,13H,3-4H2,1-2H3. The Balaban J connectivity index is 2.55. The molecule has 14 heavy (non-hydrogen) atoms. The van der Waals surface area contributed by atoms with E-state index in [1.54, 1.807) is 17.5 Å². The Morgan fingerprint density at radius 1 is 1.43 bits per heavy atom. The van der Waals surface area contributed by atoms with Crippen LogP contribution in [0.1, 0.15) is 13.8 Å². The third-order valence-corrected chi connectivity index (χ3v) is 3.31. The van der Waals surface area contributed by atoms with Gasteiger partial charge in [0.1, 0.15) is 10.6 Å². The fourth-order valence-corrected chi connectivity index (χ4v) is 2.56. The van der Waals surface area contributed by atoms with Gasteiger partial charge in [-0.1, -0.05) is 0 Å². The zero-order valence-electron chi connectivity index (χ0n) is 8.40. The third kappa shape index (κ3) is 1.26. The maximum atomic E-state index is 9.68. The molecule has 4 heteroatoms. The van der Waals surface area contributed by atoms with Crippen molar-refractivity contribution < 1.29 is 5.11 Å². The minimum atomic E-state index is 0.369. The summed E-state index contributed by atoms with van der Waals surface area (Å²) in [6, 6.07) is 1.95. The lowest BCUT2D eigenvalue weighted by Gasteiger charge is -2.22. The average Bonchev–Trinajstić information content (AvgIpc) is 2.74. The van der Waals surface area contributed by atoms with E-state index < -0.39 is 0 Å². The van der Waals surface area contributed by atoms with E-state index in [9.17, 15) is 5.11 Å². The van der Waals surface area contributed by atoms with Gasteiger partial charge in [-0.3, -0.25) is 4.68 Å². The number of aromatic nitrogens is 1. The van der Waals surface area contributed by atoms with E-state index >= 15 is 0 Å². The van der Waals surface area contributed by atoms with Crippen molar-refractivity contribution in [2.24, 2.45) is 0 Å². The van der Waals surface area contributed by atoms with Gasteiger partial charge in [-0.2, -0.15) is 0 Å². The molecule has 3 nitrogen and oxygen atoms in total. The second-order valence-corrected chi connectivity index (χ2v) is 4.03. The van der Waals surface area contributed by atoms with Crippen LogP contribution in [0, 0.1) is 0 Å². The van der Waals surface area contributed by atoms with Crippen LogP contribution >= 0.6 is 11.3 Å². The van der Waals surface area contributed by atoms with Crippen molar-refractivity contribution in [3.8, 4) is 5.75 Å². The highest BCUT2D eigenvalue weighted by atomic mass is 32.1. The Bertz CT molecular complexity index is 428. The minimum Gasteiger partial charge on any atom is -0.506 e. The second kappa shape index (κ2) is 3.53. The van der Waals surface area contributed by atoms with E-state index in [0.717, 1.165) is 23.3 Å². The lowest BCUT2D eigenvalue weighted by molar-refractivity contribution is 0.477. The molecule has 0 saturated carbocycles. The largest absolute Gasteiger partial charge is 0.506 e. The van der Waals surface area contributed by atoms with E-state index in [1.807, 2.05) is 16.1 Å². The molecule has 0 aliphatic heterocycles. The van der Waals surface area contributed by atoms with Crippen LogP contribution in [0.3, 0.4) is 0 Å². The van der Waals surface area contributed by atoms with Crippen LogP contribution < -0.4 is 5.01 Å². The Morgan fingerprint density at radius 2 is 2.14 bits per heavy atom. The van der Waals surface area contributed by atoms with E-state index in [-0.39, 0.29) is 0 Å². The highest BCUT2D eigenvalue weighted by Gasteiger charge is 2.11. The molecule has 0 unspecified atom stereocenters. The fraction of sp³-hybridized carbons (Fsp3) is 0.400. The van der Waals surface area contributed by atoms with Crippen molar-refractivity contribution in [2.75, 3.05) is 18.1 Å². The Morgan fingerprint density at radius 3 is 2.79 bits per heavy atom. The van der Waals surface area contributed by atoms with Gasteiger partial charge in [0.15, 0.2) is 0 Å². The van der Waals surface area contributed by atoms with Gasteiger partial charge in [-0.25, -0.2) is 0 Å². The number of fused-ring (bicyclic) bond motifs is 1. The molecule has 2 rings (SSSR count). The summed E-state index contributed by atoms with van der Waals surface area (Å²) in [5.74, 6) is 0.369. The van der Waals surface area contributed by atoms with Gasteiger partial charge in [0.2, 0.25) is 0 Å². The first-order valence-corrected chi connectivity index (χ1v) is 5.68. The Hall–Kier alpha value is -1.16. The van der Waals surface area contributed by atoms with Crippen molar-refractivity contribution in [1.82, 2.24) is 4.68 Å². The third-order valence-electron chi connectivity index (χ3n) is 2.41. The maximum absolute atomic E-state index is 9.68. The number of rotatable bonds is 3. The molecule has 0 aliphatic carbocycles. The van der Waals surface area contributed by atoms with Crippen LogP contribution in [-0.2, 0) is 0 Å². The van der Waals surface area contributed by atoms with Crippen LogP contribution in [0.2, 0.25) is 0 Å². The molecule has 76 valence electrons. The predicted octanol–water partition coefficient (Wildman–Crippen LogP) is 2.39. The van der Waals surface area contributed by atoms with E-state index in [1.165, 1.54) is 0 Å². The zero-order chi connectivity index (χ0) is 10.1. The molecule has 0 aromatic carbocycles.